The number of piperidine rings is 1. The Morgan fingerprint density at radius 3 is 2.73 bits per heavy atom. The molecule has 2 aromatic carbocycles. The Balaban J connectivity index is 1.40. The molecule has 1 fully saturated rings. The predicted octanol–water partition coefficient (Wildman–Crippen LogP) is 5.78. The molecular weight excluding hydrogens is 481 g/mol. The second-order valence-corrected chi connectivity index (χ2v) is 9.37. The van der Waals surface area contributed by atoms with E-state index in [9.17, 15) is 18.7 Å². The van der Waals surface area contributed by atoms with Crippen LogP contribution in [0.2, 0.25) is 0 Å². The quantitative estimate of drug-likeness (QED) is 0.390. The van der Waals surface area contributed by atoms with E-state index < -0.39 is 23.8 Å². The van der Waals surface area contributed by atoms with Gasteiger partial charge in [0.25, 0.3) is 0 Å². The van der Waals surface area contributed by atoms with Crippen molar-refractivity contribution in [3.05, 3.63) is 71.4 Å². The molecule has 37 heavy (non-hydrogen) atoms. The van der Waals surface area contributed by atoms with Gasteiger partial charge in [-0.05, 0) is 79.6 Å². The van der Waals surface area contributed by atoms with Crippen molar-refractivity contribution < 1.29 is 27.8 Å². The van der Waals surface area contributed by atoms with E-state index >= 15 is 4.39 Å². The van der Waals surface area contributed by atoms with E-state index in [4.69, 9.17) is 4.74 Å². The molecule has 0 amide bonds. The third-order valence-corrected chi connectivity index (χ3v) is 7.00. The van der Waals surface area contributed by atoms with Crippen molar-refractivity contribution in [2.24, 2.45) is 11.8 Å². The van der Waals surface area contributed by atoms with Crippen molar-refractivity contribution >= 4 is 16.9 Å². The monoisotopic (exact) mass is 510 g/mol. The number of aromatic nitrogens is 1. The third-order valence-electron chi connectivity index (χ3n) is 7.00. The number of alkyl halides is 1. The van der Waals surface area contributed by atoms with Crippen molar-refractivity contribution in [1.82, 2.24) is 9.88 Å². The molecule has 3 atom stereocenters. The van der Waals surface area contributed by atoms with Crippen LogP contribution < -0.4 is 4.74 Å². The fourth-order valence-corrected chi connectivity index (χ4v) is 5.05. The van der Waals surface area contributed by atoms with Crippen molar-refractivity contribution in [2.75, 3.05) is 26.7 Å². The van der Waals surface area contributed by atoms with Gasteiger partial charge in [-0.25, -0.2) is 13.2 Å². The third kappa shape index (κ3) is 6.60. The Kier molecular flexibility index (Phi) is 8.67. The minimum atomic E-state index is -1.22. The van der Waals surface area contributed by atoms with Crippen LogP contribution in [-0.2, 0) is 4.79 Å². The van der Waals surface area contributed by atoms with E-state index in [2.05, 4.69) is 16.8 Å². The van der Waals surface area contributed by atoms with Crippen LogP contribution >= 0.6 is 0 Å². The number of methoxy groups -OCH3 is 1. The van der Waals surface area contributed by atoms with Crippen LogP contribution in [0, 0.1) is 35.3 Å². The maximum atomic E-state index is 15.4. The van der Waals surface area contributed by atoms with Crippen LogP contribution in [0.25, 0.3) is 10.9 Å². The van der Waals surface area contributed by atoms with Crippen LogP contribution in [0.1, 0.15) is 43.0 Å². The zero-order valence-corrected chi connectivity index (χ0v) is 20.6. The number of nitrogens with zero attached hydrogens (tertiary/aromatic N) is 2. The molecule has 0 saturated carbocycles. The number of likely N-dealkylation sites (tertiary alicyclic amines) is 1. The number of carboxylic acids is 1. The summed E-state index contributed by atoms with van der Waals surface area (Å²) in [7, 11) is 1.56. The predicted molar refractivity (Wildman–Crippen MR) is 135 cm³/mol. The molecular formula is C29H29F3N2O3. The van der Waals surface area contributed by atoms with Gasteiger partial charge < -0.3 is 9.84 Å². The lowest BCUT2D eigenvalue weighted by atomic mass is 9.79. The standard InChI is InChI=1S/C29H29F3N2O3/c1-37-21-8-10-28-24(17-21)22(11-13-33-28)27(32)9-7-19-12-15-34(18-20(19)16-29(35)36)14-3-4-23-25(30)5-2-6-26(23)31/h2,5-6,8,10-11,13,17,19-20,27H,7,9,12,14-16,18H2,1H3,(H,35,36)/t19-,20+,27+/m1/s1. The number of hydrogen-bond acceptors (Lipinski definition) is 4. The Bertz CT molecular complexity index is 1300. The first-order chi connectivity index (χ1) is 17.9. The van der Waals surface area contributed by atoms with Crippen molar-refractivity contribution in [2.45, 2.75) is 31.9 Å². The summed E-state index contributed by atoms with van der Waals surface area (Å²) in [6.45, 7) is 1.41. The smallest absolute Gasteiger partial charge is 0.303 e. The molecule has 194 valence electrons. The van der Waals surface area contributed by atoms with E-state index in [1.807, 2.05) is 4.90 Å². The highest BCUT2D eigenvalue weighted by molar-refractivity contribution is 5.83. The summed E-state index contributed by atoms with van der Waals surface area (Å²) in [5.41, 5.74) is 0.968. The highest BCUT2D eigenvalue weighted by atomic mass is 19.1. The summed E-state index contributed by atoms with van der Waals surface area (Å²) in [6.07, 6.45) is 1.86. The molecule has 1 aliphatic rings. The molecule has 0 spiro atoms. The average Bonchev–Trinajstić information content (AvgIpc) is 2.88. The number of fused-ring (bicyclic) bond motifs is 1. The molecule has 0 bridgehead atoms. The SMILES string of the molecule is COc1ccc2nccc([C@@H](F)CC[C@@H]3CCN(CC#Cc4c(F)cccc4F)C[C@@H]3CC(=O)O)c2c1. The van der Waals surface area contributed by atoms with Gasteiger partial charge in [0.2, 0.25) is 0 Å². The second kappa shape index (κ2) is 12.1. The number of carbonyl (C=O) groups is 1. The summed E-state index contributed by atoms with van der Waals surface area (Å²) in [5, 5.41) is 10.2. The lowest BCUT2D eigenvalue weighted by molar-refractivity contribution is -0.139. The van der Waals surface area contributed by atoms with Gasteiger partial charge in [-0.1, -0.05) is 17.9 Å². The van der Waals surface area contributed by atoms with Gasteiger partial charge in [0, 0.05) is 24.5 Å². The van der Waals surface area contributed by atoms with Gasteiger partial charge in [0.15, 0.2) is 0 Å². The maximum absolute atomic E-state index is 15.4. The molecule has 1 N–H and O–H groups in total. The van der Waals surface area contributed by atoms with Gasteiger partial charge in [-0.3, -0.25) is 14.7 Å². The van der Waals surface area contributed by atoms with E-state index in [-0.39, 0.29) is 36.8 Å². The van der Waals surface area contributed by atoms with E-state index in [1.54, 1.807) is 37.6 Å². The molecule has 0 aliphatic carbocycles. The zero-order valence-electron chi connectivity index (χ0n) is 20.6. The molecule has 1 aromatic heterocycles. The van der Waals surface area contributed by atoms with Crippen LogP contribution in [-0.4, -0.2) is 47.7 Å². The van der Waals surface area contributed by atoms with E-state index in [0.29, 0.717) is 48.1 Å². The molecule has 3 aromatic rings. The largest absolute Gasteiger partial charge is 0.497 e. The highest BCUT2D eigenvalue weighted by Gasteiger charge is 2.31. The maximum Gasteiger partial charge on any atom is 0.303 e. The van der Waals surface area contributed by atoms with Crippen molar-refractivity contribution in [3.63, 3.8) is 0 Å². The molecule has 4 rings (SSSR count). The number of ether oxygens (including phenoxy) is 1. The van der Waals surface area contributed by atoms with Gasteiger partial charge >= 0.3 is 5.97 Å². The first-order valence-corrected chi connectivity index (χ1v) is 12.3. The summed E-state index contributed by atoms with van der Waals surface area (Å²) >= 11 is 0. The highest BCUT2D eigenvalue weighted by Crippen LogP contribution is 2.36. The van der Waals surface area contributed by atoms with Gasteiger partial charge in [0.1, 0.15) is 23.6 Å². The summed E-state index contributed by atoms with van der Waals surface area (Å²) in [5.74, 6) is 3.55. The minimum absolute atomic E-state index is 0.0249. The van der Waals surface area contributed by atoms with Gasteiger partial charge in [0.05, 0.1) is 24.7 Å². The lowest BCUT2D eigenvalue weighted by Gasteiger charge is -2.37. The first-order valence-electron chi connectivity index (χ1n) is 12.3. The Morgan fingerprint density at radius 1 is 1.22 bits per heavy atom. The number of benzene rings is 2. The summed E-state index contributed by atoms with van der Waals surface area (Å²) < 4.78 is 48.3. The normalized spacial score (nSPS) is 18.7. The lowest BCUT2D eigenvalue weighted by Crippen LogP contribution is -2.41. The molecule has 1 aliphatic heterocycles. The van der Waals surface area contributed by atoms with Gasteiger partial charge in [-0.2, -0.15) is 0 Å². The number of halogens is 3. The molecule has 8 heteroatoms. The summed E-state index contributed by atoms with van der Waals surface area (Å²) in [4.78, 5) is 17.8. The Labute approximate surface area is 214 Å². The average molecular weight is 511 g/mol. The van der Waals surface area contributed by atoms with Crippen LogP contribution in [0.15, 0.2) is 48.7 Å². The summed E-state index contributed by atoms with van der Waals surface area (Å²) in [6, 6.07) is 10.6. The molecule has 2 heterocycles. The van der Waals surface area contributed by atoms with E-state index in [1.165, 1.54) is 6.07 Å². The molecule has 1 saturated heterocycles. The zero-order chi connectivity index (χ0) is 26.4. The number of aliphatic carboxylic acids is 1. The minimum Gasteiger partial charge on any atom is -0.497 e. The van der Waals surface area contributed by atoms with Crippen LogP contribution in [0.4, 0.5) is 13.2 Å². The molecule has 0 unspecified atom stereocenters. The fourth-order valence-electron chi connectivity index (χ4n) is 5.05. The fraction of sp³-hybridized carbons (Fsp3) is 0.379. The Hall–Kier alpha value is -3.57. The van der Waals surface area contributed by atoms with Crippen LogP contribution in [0.5, 0.6) is 5.75 Å². The second-order valence-electron chi connectivity index (χ2n) is 9.37. The molecule has 5 nitrogen and oxygen atoms in total. The first kappa shape index (κ1) is 26.5. The van der Waals surface area contributed by atoms with Crippen molar-refractivity contribution in [1.29, 1.82) is 0 Å². The number of carboxylic acid groups (broad SMARTS) is 1. The number of rotatable bonds is 8. The Morgan fingerprint density at radius 2 is 2.00 bits per heavy atom. The topological polar surface area (TPSA) is 62.7 Å². The molecule has 0 radical (unpaired) electrons. The number of hydrogen-bond donors (Lipinski definition) is 1. The van der Waals surface area contributed by atoms with Crippen LogP contribution in [0.3, 0.4) is 0 Å². The van der Waals surface area contributed by atoms with Crippen molar-refractivity contribution in [3.8, 4) is 17.6 Å². The number of pyridine rings is 1. The van der Waals surface area contributed by atoms with E-state index in [0.717, 1.165) is 12.1 Å². The van der Waals surface area contributed by atoms with Gasteiger partial charge in [-0.15, -0.1) is 0 Å².